The Morgan fingerprint density at radius 1 is 1.38 bits per heavy atom. The summed E-state index contributed by atoms with van der Waals surface area (Å²) in [6.07, 6.45) is 1.15. The van der Waals surface area contributed by atoms with Gasteiger partial charge in [0, 0.05) is 37.5 Å². The second-order valence-corrected chi connectivity index (χ2v) is 7.32. The minimum Gasteiger partial charge on any atom is -0.333 e. The number of amides is 1. The van der Waals surface area contributed by atoms with Crippen molar-refractivity contribution in [3.8, 4) is 0 Å². The molecule has 5 nitrogen and oxygen atoms in total. The summed E-state index contributed by atoms with van der Waals surface area (Å²) in [7, 11) is -3.30. The van der Waals surface area contributed by atoms with Gasteiger partial charge in [-0.15, -0.1) is 12.4 Å². The van der Waals surface area contributed by atoms with E-state index in [-0.39, 0.29) is 29.3 Å². The van der Waals surface area contributed by atoms with Crippen LogP contribution < -0.4 is 5.32 Å². The molecule has 1 saturated heterocycles. The lowest BCUT2D eigenvalue weighted by Gasteiger charge is -2.34. The molecule has 1 N–H and O–H groups in total. The maximum Gasteiger partial charge on any atom is 0.254 e. The van der Waals surface area contributed by atoms with Gasteiger partial charge in [-0.05, 0) is 31.5 Å². The fraction of sp³-hybridized carbons (Fsp3) is 0.500. The lowest BCUT2D eigenvalue weighted by Crippen LogP contribution is -2.52. The second kappa shape index (κ2) is 6.77. The number of halogens is 1. The molecular formula is C14H21ClN2O3S. The maximum atomic E-state index is 12.6. The average Bonchev–Trinajstić information content (AvgIpc) is 2.37. The lowest BCUT2D eigenvalue weighted by atomic mass is 10.1. The first kappa shape index (κ1) is 17.9. The van der Waals surface area contributed by atoms with Crippen molar-refractivity contribution in [2.75, 3.05) is 25.9 Å². The molecule has 0 spiro atoms. The standard InChI is InChI=1S/C14H20N2O3S.ClH/c1-10-4-5-12(20(3,18)19)8-13(10)14(17)16-7-6-15-9-11(16)2;/h4-5,8,11,15H,6-7,9H2,1-3H3;1H/t11-;/m0./s1. The Hall–Kier alpha value is -1.11. The van der Waals surface area contributed by atoms with E-state index in [0.29, 0.717) is 12.1 Å². The van der Waals surface area contributed by atoms with Crippen molar-refractivity contribution >= 4 is 28.2 Å². The van der Waals surface area contributed by atoms with Crippen molar-refractivity contribution in [2.24, 2.45) is 0 Å². The van der Waals surface area contributed by atoms with E-state index in [2.05, 4.69) is 5.32 Å². The Kier molecular flexibility index (Phi) is 5.78. The summed E-state index contributed by atoms with van der Waals surface area (Å²) in [4.78, 5) is 14.6. The molecule has 2 rings (SSSR count). The van der Waals surface area contributed by atoms with Gasteiger partial charge < -0.3 is 10.2 Å². The number of hydrogen-bond donors (Lipinski definition) is 1. The molecule has 0 bridgehead atoms. The van der Waals surface area contributed by atoms with Gasteiger partial charge in [0.25, 0.3) is 5.91 Å². The Bertz CT molecular complexity index is 631. The van der Waals surface area contributed by atoms with Gasteiger partial charge in [-0.2, -0.15) is 0 Å². The first-order valence-electron chi connectivity index (χ1n) is 6.63. The second-order valence-electron chi connectivity index (χ2n) is 5.30. The van der Waals surface area contributed by atoms with Crippen molar-refractivity contribution in [1.29, 1.82) is 0 Å². The number of sulfone groups is 1. The van der Waals surface area contributed by atoms with E-state index in [1.54, 1.807) is 17.0 Å². The summed E-state index contributed by atoms with van der Waals surface area (Å²) in [6.45, 7) is 5.98. The molecule has 1 atom stereocenters. The molecule has 0 unspecified atom stereocenters. The van der Waals surface area contributed by atoms with Crippen LogP contribution >= 0.6 is 12.4 Å². The molecule has 118 valence electrons. The van der Waals surface area contributed by atoms with Crippen LogP contribution in [0.15, 0.2) is 23.1 Å². The van der Waals surface area contributed by atoms with E-state index in [1.807, 2.05) is 13.8 Å². The molecule has 0 aliphatic carbocycles. The SMILES string of the molecule is Cc1ccc(S(C)(=O)=O)cc1C(=O)N1CCNC[C@@H]1C.Cl. The summed E-state index contributed by atoms with van der Waals surface area (Å²) in [6, 6.07) is 4.83. The molecule has 1 aliphatic rings. The van der Waals surface area contributed by atoms with Crippen LogP contribution in [0, 0.1) is 6.92 Å². The molecular weight excluding hydrogens is 312 g/mol. The third-order valence-electron chi connectivity index (χ3n) is 3.63. The lowest BCUT2D eigenvalue weighted by molar-refractivity contribution is 0.0654. The smallest absolute Gasteiger partial charge is 0.254 e. The number of piperazine rings is 1. The van der Waals surface area contributed by atoms with Crippen molar-refractivity contribution in [3.63, 3.8) is 0 Å². The van der Waals surface area contributed by atoms with Crippen LogP contribution in [0.5, 0.6) is 0 Å². The third kappa shape index (κ3) is 3.96. The zero-order valence-electron chi connectivity index (χ0n) is 12.4. The molecule has 0 aromatic heterocycles. The Labute approximate surface area is 132 Å². The van der Waals surface area contributed by atoms with Crippen molar-refractivity contribution in [2.45, 2.75) is 24.8 Å². The first-order valence-corrected chi connectivity index (χ1v) is 8.52. The molecule has 0 radical (unpaired) electrons. The van der Waals surface area contributed by atoms with E-state index in [9.17, 15) is 13.2 Å². The van der Waals surface area contributed by atoms with Gasteiger partial charge in [0.05, 0.1) is 4.90 Å². The normalized spacial score (nSPS) is 19.0. The predicted molar refractivity (Wildman–Crippen MR) is 84.9 cm³/mol. The molecule has 1 aliphatic heterocycles. The van der Waals surface area contributed by atoms with E-state index in [0.717, 1.165) is 24.9 Å². The monoisotopic (exact) mass is 332 g/mol. The van der Waals surface area contributed by atoms with Gasteiger partial charge in [0.1, 0.15) is 0 Å². The Morgan fingerprint density at radius 3 is 2.62 bits per heavy atom. The van der Waals surface area contributed by atoms with Crippen LogP contribution in [-0.2, 0) is 9.84 Å². The molecule has 1 fully saturated rings. The summed E-state index contributed by atoms with van der Waals surface area (Å²) in [5, 5.41) is 3.23. The number of nitrogens with zero attached hydrogens (tertiary/aromatic N) is 1. The van der Waals surface area contributed by atoms with Crippen LogP contribution in [0.25, 0.3) is 0 Å². The zero-order chi connectivity index (χ0) is 14.9. The minimum atomic E-state index is -3.30. The molecule has 1 aromatic rings. The molecule has 21 heavy (non-hydrogen) atoms. The number of carbonyl (C=O) groups is 1. The van der Waals surface area contributed by atoms with Crippen molar-refractivity contribution < 1.29 is 13.2 Å². The molecule has 1 aromatic carbocycles. The highest BCUT2D eigenvalue weighted by atomic mass is 35.5. The van der Waals surface area contributed by atoms with Crippen LogP contribution in [0.3, 0.4) is 0 Å². The fourth-order valence-electron chi connectivity index (χ4n) is 2.36. The largest absolute Gasteiger partial charge is 0.333 e. The number of benzene rings is 1. The van der Waals surface area contributed by atoms with Crippen LogP contribution in [0.2, 0.25) is 0 Å². The van der Waals surface area contributed by atoms with Gasteiger partial charge >= 0.3 is 0 Å². The summed E-state index contributed by atoms with van der Waals surface area (Å²) >= 11 is 0. The first-order chi connectivity index (χ1) is 9.30. The number of hydrogen-bond acceptors (Lipinski definition) is 4. The quantitative estimate of drug-likeness (QED) is 0.885. The molecule has 1 amide bonds. The van der Waals surface area contributed by atoms with Crippen molar-refractivity contribution in [3.05, 3.63) is 29.3 Å². The highest BCUT2D eigenvalue weighted by Crippen LogP contribution is 2.19. The maximum absolute atomic E-state index is 12.6. The van der Waals surface area contributed by atoms with Gasteiger partial charge in [-0.3, -0.25) is 4.79 Å². The number of carbonyl (C=O) groups excluding carboxylic acids is 1. The third-order valence-corrected chi connectivity index (χ3v) is 4.74. The van der Waals surface area contributed by atoms with Gasteiger partial charge in [0.15, 0.2) is 9.84 Å². The Balaban J connectivity index is 0.00000220. The summed E-state index contributed by atoms with van der Waals surface area (Å²) in [5.41, 5.74) is 1.27. The number of rotatable bonds is 2. The summed E-state index contributed by atoms with van der Waals surface area (Å²) < 4.78 is 23.2. The van der Waals surface area contributed by atoms with Crippen LogP contribution in [0.4, 0.5) is 0 Å². The minimum absolute atomic E-state index is 0. The average molecular weight is 333 g/mol. The number of nitrogens with one attached hydrogen (secondary N) is 1. The van der Waals surface area contributed by atoms with E-state index in [1.165, 1.54) is 6.07 Å². The topological polar surface area (TPSA) is 66.5 Å². The van der Waals surface area contributed by atoms with E-state index < -0.39 is 9.84 Å². The molecule has 0 saturated carbocycles. The van der Waals surface area contributed by atoms with Gasteiger partial charge in [0.2, 0.25) is 0 Å². The highest BCUT2D eigenvalue weighted by Gasteiger charge is 2.25. The number of aryl methyl sites for hydroxylation is 1. The van der Waals surface area contributed by atoms with E-state index in [4.69, 9.17) is 0 Å². The summed E-state index contributed by atoms with van der Waals surface area (Å²) in [5.74, 6) is -0.0954. The fourth-order valence-corrected chi connectivity index (χ4v) is 3.01. The molecule has 7 heteroatoms. The van der Waals surface area contributed by atoms with Crippen LogP contribution in [-0.4, -0.2) is 51.2 Å². The Morgan fingerprint density at radius 2 is 2.05 bits per heavy atom. The molecule has 1 heterocycles. The van der Waals surface area contributed by atoms with Crippen molar-refractivity contribution in [1.82, 2.24) is 10.2 Å². The van der Waals surface area contributed by atoms with Gasteiger partial charge in [-0.25, -0.2) is 8.42 Å². The van der Waals surface area contributed by atoms with E-state index >= 15 is 0 Å². The van der Waals surface area contributed by atoms with Crippen LogP contribution in [0.1, 0.15) is 22.8 Å². The predicted octanol–water partition coefficient (Wildman–Crippen LogP) is 1.25. The zero-order valence-corrected chi connectivity index (χ0v) is 14.1. The highest BCUT2D eigenvalue weighted by molar-refractivity contribution is 7.90. The van der Waals surface area contributed by atoms with Gasteiger partial charge in [-0.1, -0.05) is 6.07 Å².